The predicted octanol–water partition coefficient (Wildman–Crippen LogP) is 2.49. The van der Waals surface area contributed by atoms with Gasteiger partial charge in [0.05, 0.1) is 18.9 Å². The molecule has 3 aliphatic carbocycles. The van der Waals surface area contributed by atoms with Crippen molar-refractivity contribution < 1.29 is 19.4 Å². The van der Waals surface area contributed by atoms with Crippen LogP contribution in [0.1, 0.15) is 31.2 Å². The van der Waals surface area contributed by atoms with Crippen LogP contribution in [0.15, 0.2) is 24.3 Å². The van der Waals surface area contributed by atoms with E-state index in [9.17, 15) is 14.7 Å². The van der Waals surface area contributed by atoms with Crippen LogP contribution in [0, 0.1) is 23.7 Å². The summed E-state index contributed by atoms with van der Waals surface area (Å²) in [6.07, 6.45) is 4.55. The zero-order valence-electron chi connectivity index (χ0n) is 14.0. The summed E-state index contributed by atoms with van der Waals surface area (Å²) in [7, 11) is 1.63. The van der Waals surface area contributed by atoms with E-state index in [1.807, 2.05) is 24.3 Å². The highest BCUT2D eigenvalue weighted by atomic mass is 16.5. The van der Waals surface area contributed by atoms with Crippen molar-refractivity contribution in [3.8, 4) is 5.75 Å². The Bertz CT molecular complexity index is 607. The monoisotopic (exact) mass is 331 g/mol. The van der Waals surface area contributed by atoms with Crippen LogP contribution in [-0.4, -0.2) is 30.6 Å². The molecule has 1 amide bonds. The lowest BCUT2D eigenvalue weighted by Gasteiger charge is -2.45. The molecule has 0 aliphatic heterocycles. The van der Waals surface area contributed by atoms with Gasteiger partial charge in [0.15, 0.2) is 0 Å². The molecule has 0 radical (unpaired) electrons. The molecule has 1 aromatic carbocycles. The first-order chi connectivity index (χ1) is 11.6. The van der Waals surface area contributed by atoms with E-state index in [-0.39, 0.29) is 23.7 Å². The second-order valence-corrected chi connectivity index (χ2v) is 6.92. The molecular weight excluding hydrogens is 306 g/mol. The molecule has 0 heterocycles. The number of benzene rings is 1. The second kappa shape index (κ2) is 7.24. The highest BCUT2D eigenvalue weighted by Gasteiger charge is 2.50. The van der Waals surface area contributed by atoms with Gasteiger partial charge in [-0.15, -0.1) is 0 Å². The van der Waals surface area contributed by atoms with Crippen molar-refractivity contribution in [1.29, 1.82) is 0 Å². The third kappa shape index (κ3) is 3.25. The van der Waals surface area contributed by atoms with Crippen molar-refractivity contribution in [2.75, 3.05) is 13.7 Å². The number of hydrogen-bond acceptors (Lipinski definition) is 3. The Labute approximate surface area is 142 Å². The minimum atomic E-state index is -0.811. The number of aliphatic carboxylic acids is 1. The number of ether oxygens (including phenoxy) is 1. The molecule has 2 bridgehead atoms. The molecule has 0 saturated heterocycles. The number of amides is 1. The van der Waals surface area contributed by atoms with Crippen LogP contribution < -0.4 is 10.1 Å². The summed E-state index contributed by atoms with van der Waals surface area (Å²) < 4.78 is 5.32. The number of fused-ring (bicyclic) bond motifs is 3. The Morgan fingerprint density at radius 3 is 2.38 bits per heavy atom. The summed E-state index contributed by atoms with van der Waals surface area (Å²) in [4.78, 5) is 24.3. The van der Waals surface area contributed by atoms with Gasteiger partial charge in [-0.05, 0) is 55.6 Å². The fourth-order valence-electron chi connectivity index (χ4n) is 4.53. The number of carboxylic acids is 1. The lowest BCUT2D eigenvalue weighted by Crippen LogP contribution is -2.51. The van der Waals surface area contributed by atoms with E-state index in [2.05, 4.69) is 5.32 Å². The maximum Gasteiger partial charge on any atom is 0.307 e. The number of nitrogens with one attached hydrogen (secondary N) is 1. The van der Waals surface area contributed by atoms with Gasteiger partial charge in [0.1, 0.15) is 5.75 Å². The van der Waals surface area contributed by atoms with Crippen LogP contribution in [-0.2, 0) is 16.0 Å². The Morgan fingerprint density at radius 2 is 1.75 bits per heavy atom. The Hall–Kier alpha value is -2.04. The molecule has 0 aromatic heterocycles. The fraction of sp³-hybridized carbons (Fsp3) is 0.579. The van der Waals surface area contributed by atoms with Crippen LogP contribution in [0.3, 0.4) is 0 Å². The summed E-state index contributed by atoms with van der Waals surface area (Å²) in [6.45, 7) is 0.499. The van der Waals surface area contributed by atoms with Crippen molar-refractivity contribution in [3.63, 3.8) is 0 Å². The number of rotatable bonds is 6. The number of carbonyl (C=O) groups excluding carboxylic acids is 1. The molecule has 3 fully saturated rings. The van der Waals surface area contributed by atoms with Crippen LogP contribution in [0.25, 0.3) is 0 Å². The van der Waals surface area contributed by atoms with Gasteiger partial charge in [0.2, 0.25) is 5.91 Å². The smallest absolute Gasteiger partial charge is 0.307 e. The summed E-state index contributed by atoms with van der Waals surface area (Å²) in [5.41, 5.74) is 1.04. The minimum absolute atomic E-state index is 0.0910. The molecule has 130 valence electrons. The largest absolute Gasteiger partial charge is 0.496 e. The molecule has 5 nitrogen and oxygen atoms in total. The van der Waals surface area contributed by atoms with Gasteiger partial charge >= 0.3 is 5.97 Å². The molecule has 2 N–H and O–H groups in total. The Morgan fingerprint density at radius 1 is 1.12 bits per heavy atom. The molecule has 4 rings (SSSR count). The average molecular weight is 331 g/mol. The lowest BCUT2D eigenvalue weighted by atomic mass is 9.58. The Balaban J connectivity index is 1.61. The molecule has 3 saturated carbocycles. The third-order valence-corrected chi connectivity index (χ3v) is 5.69. The number of carbonyl (C=O) groups is 2. The van der Waals surface area contributed by atoms with E-state index in [1.54, 1.807) is 7.11 Å². The summed E-state index contributed by atoms with van der Waals surface area (Å²) >= 11 is 0. The predicted molar refractivity (Wildman–Crippen MR) is 89.8 cm³/mol. The van der Waals surface area contributed by atoms with Crippen molar-refractivity contribution in [3.05, 3.63) is 29.8 Å². The van der Waals surface area contributed by atoms with Crippen molar-refractivity contribution >= 4 is 11.9 Å². The molecular formula is C19H25NO4. The maximum absolute atomic E-state index is 12.6. The van der Waals surface area contributed by atoms with Gasteiger partial charge in [0.25, 0.3) is 0 Å². The van der Waals surface area contributed by atoms with Crippen LogP contribution in [0.2, 0.25) is 0 Å². The summed E-state index contributed by atoms with van der Waals surface area (Å²) in [6, 6.07) is 7.74. The molecule has 24 heavy (non-hydrogen) atoms. The highest BCUT2D eigenvalue weighted by molar-refractivity contribution is 5.85. The first kappa shape index (κ1) is 16.8. The van der Waals surface area contributed by atoms with E-state index < -0.39 is 11.9 Å². The summed E-state index contributed by atoms with van der Waals surface area (Å²) in [5, 5.41) is 12.5. The molecule has 0 unspecified atom stereocenters. The third-order valence-electron chi connectivity index (χ3n) is 5.69. The second-order valence-electron chi connectivity index (χ2n) is 6.92. The van der Waals surface area contributed by atoms with Crippen molar-refractivity contribution in [2.45, 2.75) is 32.1 Å². The van der Waals surface area contributed by atoms with Gasteiger partial charge in [-0.3, -0.25) is 9.59 Å². The molecule has 5 heteroatoms. The molecule has 0 spiro atoms. The SMILES string of the molecule is COc1ccccc1CCNC(=O)[C@H]1C2CCC(CC2)[C@H]1C(=O)O. The van der Waals surface area contributed by atoms with E-state index in [0.717, 1.165) is 37.0 Å². The van der Waals surface area contributed by atoms with Gasteiger partial charge in [-0.25, -0.2) is 0 Å². The first-order valence-electron chi connectivity index (χ1n) is 8.74. The van der Waals surface area contributed by atoms with Gasteiger partial charge in [0, 0.05) is 6.54 Å². The van der Waals surface area contributed by atoms with E-state index >= 15 is 0 Å². The Kier molecular flexibility index (Phi) is 5.07. The number of carboxylic acid groups (broad SMARTS) is 1. The zero-order chi connectivity index (χ0) is 17.1. The standard InChI is InChI=1S/C19H25NO4/c1-24-15-5-3-2-4-12(15)10-11-20-18(21)16-13-6-8-14(9-7-13)17(16)19(22)23/h2-5,13-14,16-17H,6-11H2,1H3,(H,20,21)(H,22,23)/t13?,14?,16-,17+/m0/s1. The fourth-order valence-corrected chi connectivity index (χ4v) is 4.53. The van der Waals surface area contributed by atoms with Gasteiger partial charge in [-0.1, -0.05) is 18.2 Å². The maximum atomic E-state index is 12.6. The number of hydrogen-bond donors (Lipinski definition) is 2. The number of methoxy groups -OCH3 is 1. The van der Waals surface area contributed by atoms with Crippen LogP contribution >= 0.6 is 0 Å². The van der Waals surface area contributed by atoms with Gasteiger partial charge in [-0.2, -0.15) is 0 Å². The van der Waals surface area contributed by atoms with E-state index in [0.29, 0.717) is 13.0 Å². The summed E-state index contributed by atoms with van der Waals surface area (Å²) in [5.74, 6) is -0.580. The van der Waals surface area contributed by atoms with E-state index in [4.69, 9.17) is 4.74 Å². The molecule has 3 aliphatic rings. The van der Waals surface area contributed by atoms with E-state index in [1.165, 1.54) is 0 Å². The molecule has 1 aromatic rings. The quantitative estimate of drug-likeness (QED) is 0.840. The van der Waals surface area contributed by atoms with Crippen molar-refractivity contribution in [2.24, 2.45) is 23.7 Å². The van der Waals surface area contributed by atoms with Crippen molar-refractivity contribution in [1.82, 2.24) is 5.32 Å². The normalized spacial score (nSPS) is 28.4. The van der Waals surface area contributed by atoms with Crippen LogP contribution in [0.4, 0.5) is 0 Å². The average Bonchev–Trinajstić information content (AvgIpc) is 2.62. The lowest BCUT2D eigenvalue weighted by molar-refractivity contribution is -0.158. The zero-order valence-corrected chi connectivity index (χ0v) is 14.0. The minimum Gasteiger partial charge on any atom is -0.496 e. The van der Waals surface area contributed by atoms with Crippen LogP contribution in [0.5, 0.6) is 5.75 Å². The topological polar surface area (TPSA) is 75.6 Å². The molecule has 2 atom stereocenters. The first-order valence-corrected chi connectivity index (χ1v) is 8.74. The van der Waals surface area contributed by atoms with Gasteiger partial charge < -0.3 is 15.2 Å². The highest BCUT2D eigenvalue weighted by Crippen LogP contribution is 2.49. The number of para-hydroxylation sites is 1.